The molecule has 0 atom stereocenters. The van der Waals surface area contributed by atoms with Crippen LogP contribution in [0.5, 0.6) is 0 Å². The van der Waals surface area contributed by atoms with Crippen LogP contribution in [-0.4, -0.2) is 84.8 Å². The van der Waals surface area contributed by atoms with Crippen molar-refractivity contribution >= 4 is 35.9 Å². The molecule has 2 aliphatic heterocycles. The van der Waals surface area contributed by atoms with E-state index >= 15 is 0 Å². The molecule has 9 heteroatoms. The molecule has 32 heavy (non-hydrogen) atoms. The van der Waals surface area contributed by atoms with Crippen molar-refractivity contribution in [2.75, 3.05) is 63.9 Å². The molecule has 1 N–H and O–H groups in total. The topological polar surface area (TPSA) is 69.1 Å². The summed E-state index contributed by atoms with van der Waals surface area (Å²) in [6, 6.07) is 10.7. The van der Waals surface area contributed by atoms with Gasteiger partial charge < -0.3 is 19.9 Å². The third kappa shape index (κ3) is 7.01. The van der Waals surface area contributed by atoms with Gasteiger partial charge in [-0.05, 0) is 24.1 Å². The summed E-state index contributed by atoms with van der Waals surface area (Å²) in [6.07, 6.45) is 3.60. The number of nitrogens with zero attached hydrogens (tertiary/aromatic N) is 6. The first-order valence-electron chi connectivity index (χ1n) is 11.2. The Kier molecular flexibility index (Phi) is 9.94. The molecule has 0 aliphatic carbocycles. The van der Waals surface area contributed by atoms with Crippen molar-refractivity contribution in [2.45, 2.75) is 20.0 Å². The fraction of sp³-hybridized carbons (Fsp3) is 0.522. The molecule has 2 aliphatic rings. The van der Waals surface area contributed by atoms with E-state index in [1.807, 2.05) is 6.07 Å². The number of aromatic nitrogens is 2. The van der Waals surface area contributed by atoms with E-state index in [9.17, 15) is 0 Å². The number of hydrogen-bond acceptors (Lipinski definition) is 6. The Balaban J connectivity index is 0.00000289. The normalized spacial score (nSPS) is 17.7. The van der Waals surface area contributed by atoms with E-state index < -0.39 is 0 Å². The fourth-order valence-electron chi connectivity index (χ4n) is 4.01. The van der Waals surface area contributed by atoms with Crippen molar-refractivity contribution in [1.29, 1.82) is 0 Å². The summed E-state index contributed by atoms with van der Waals surface area (Å²) < 4.78 is 5.46. The first kappa shape index (κ1) is 24.7. The molecule has 0 amide bonds. The maximum Gasteiger partial charge on any atom is 0.225 e. The average Bonchev–Trinajstić information content (AvgIpc) is 2.83. The Bertz CT molecular complexity index is 837. The lowest BCUT2D eigenvalue weighted by Gasteiger charge is -2.36. The molecule has 0 unspecified atom stereocenters. The lowest BCUT2D eigenvalue weighted by atomic mass is 10.1. The van der Waals surface area contributed by atoms with Gasteiger partial charge >= 0.3 is 0 Å². The van der Waals surface area contributed by atoms with Crippen LogP contribution in [0.4, 0.5) is 5.95 Å². The number of morpholine rings is 1. The molecule has 1 aromatic heterocycles. The fourth-order valence-corrected chi connectivity index (χ4v) is 4.01. The molecule has 2 saturated heterocycles. The first-order chi connectivity index (χ1) is 15.3. The van der Waals surface area contributed by atoms with E-state index in [1.54, 1.807) is 12.4 Å². The number of halogens is 1. The smallest absolute Gasteiger partial charge is 0.225 e. The van der Waals surface area contributed by atoms with Gasteiger partial charge in [0, 0.05) is 64.8 Å². The van der Waals surface area contributed by atoms with Gasteiger partial charge in [0.25, 0.3) is 0 Å². The van der Waals surface area contributed by atoms with E-state index in [1.165, 1.54) is 11.1 Å². The predicted molar refractivity (Wildman–Crippen MR) is 139 cm³/mol. The number of benzene rings is 1. The molecule has 0 bridgehead atoms. The lowest BCUT2D eigenvalue weighted by molar-refractivity contribution is 0.0342. The molecule has 1 aromatic carbocycles. The molecule has 4 rings (SSSR count). The largest absolute Gasteiger partial charge is 0.379 e. The van der Waals surface area contributed by atoms with Crippen LogP contribution < -0.4 is 10.2 Å². The van der Waals surface area contributed by atoms with E-state index in [2.05, 4.69) is 61.2 Å². The van der Waals surface area contributed by atoms with Gasteiger partial charge in [0.05, 0.1) is 19.8 Å². The maximum absolute atomic E-state index is 5.46. The third-order valence-electron chi connectivity index (χ3n) is 5.66. The number of nitrogens with one attached hydrogen (secondary N) is 1. The predicted octanol–water partition coefficient (Wildman–Crippen LogP) is 2.21. The van der Waals surface area contributed by atoms with E-state index in [0.717, 1.165) is 77.5 Å². The van der Waals surface area contributed by atoms with E-state index in [4.69, 9.17) is 9.73 Å². The summed E-state index contributed by atoms with van der Waals surface area (Å²) in [7, 11) is 0. The summed E-state index contributed by atoms with van der Waals surface area (Å²) in [4.78, 5) is 20.7. The van der Waals surface area contributed by atoms with Crippen LogP contribution in [-0.2, 0) is 17.8 Å². The number of anilines is 1. The van der Waals surface area contributed by atoms with Gasteiger partial charge in [-0.15, -0.1) is 24.0 Å². The van der Waals surface area contributed by atoms with E-state index in [0.29, 0.717) is 6.54 Å². The highest BCUT2D eigenvalue weighted by molar-refractivity contribution is 14.0. The lowest BCUT2D eigenvalue weighted by Crippen LogP contribution is -2.52. The minimum absolute atomic E-state index is 0. The summed E-state index contributed by atoms with van der Waals surface area (Å²) in [6.45, 7) is 11.9. The van der Waals surface area contributed by atoms with Gasteiger partial charge in [-0.2, -0.15) is 0 Å². The molecule has 3 heterocycles. The van der Waals surface area contributed by atoms with Gasteiger partial charge in [0.15, 0.2) is 5.96 Å². The highest BCUT2D eigenvalue weighted by atomic mass is 127. The molecule has 8 nitrogen and oxygen atoms in total. The molecule has 0 spiro atoms. The molecule has 2 aromatic rings. The number of piperazine rings is 1. The summed E-state index contributed by atoms with van der Waals surface area (Å²) in [5, 5.41) is 3.46. The van der Waals surface area contributed by atoms with Crippen molar-refractivity contribution in [3.05, 3.63) is 53.9 Å². The molecule has 0 radical (unpaired) electrons. The average molecular weight is 551 g/mol. The Labute approximate surface area is 208 Å². The van der Waals surface area contributed by atoms with Gasteiger partial charge in [0.1, 0.15) is 0 Å². The van der Waals surface area contributed by atoms with Crippen LogP contribution in [0, 0.1) is 0 Å². The second-order valence-electron chi connectivity index (χ2n) is 7.90. The second kappa shape index (κ2) is 12.9. The SMILES string of the molecule is CCNC(=NCc1cccc(CN2CCOCC2)c1)N1CCN(c2ncccn2)CC1.I. The zero-order chi connectivity index (χ0) is 21.3. The Hall–Kier alpha value is -1.98. The Morgan fingerprint density at radius 1 is 1.00 bits per heavy atom. The van der Waals surface area contributed by atoms with Crippen LogP contribution >= 0.6 is 24.0 Å². The minimum atomic E-state index is 0. The van der Waals surface area contributed by atoms with Crippen LogP contribution in [0.2, 0.25) is 0 Å². The van der Waals surface area contributed by atoms with E-state index in [-0.39, 0.29) is 24.0 Å². The van der Waals surface area contributed by atoms with Gasteiger partial charge in [-0.3, -0.25) is 4.90 Å². The number of hydrogen-bond donors (Lipinski definition) is 1. The number of rotatable bonds is 6. The van der Waals surface area contributed by atoms with Crippen molar-refractivity contribution in [3.63, 3.8) is 0 Å². The summed E-state index contributed by atoms with van der Waals surface area (Å²) >= 11 is 0. The van der Waals surface area contributed by atoms with Crippen molar-refractivity contribution in [3.8, 4) is 0 Å². The summed E-state index contributed by atoms with van der Waals surface area (Å²) in [5.41, 5.74) is 2.59. The van der Waals surface area contributed by atoms with Gasteiger partial charge in [-0.1, -0.05) is 24.3 Å². The second-order valence-corrected chi connectivity index (χ2v) is 7.90. The number of guanidine groups is 1. The molecular formula is C23H34IN7O. The van der Waals surface area contributed by atoms with Crippen LogP contribution in [0.15, 0.2) is 47.7 Å². The highest BCUT2D eigenvalue weighted by Gasteiger charge is 2.21. The molecule has 0 saturated carbocycles. The number of aliphatic imine (C=N–C) groups is 1. The number of ether oxygens (including phenoxy) is 1. The third-order valence-corrected chi connectivity index (χ3v) is 5.66. The molecular weight excluding hydrogens is 517 g/mol. The maximum atomic E-state index is 5.46. The minimum Gasteiger partial charge on any atom is -0.379 e. The molecule has 2 fully saturated rings. The highest BCUT2D eigenvalue weighted by Crippen LogP contribution is 2.13. The van der Waals surface area contributed by atoms with Gasteiger partial charge in [-0.25, -0.2) is 15.0 Å². The van der Waals surface area contributed by atoms with Crippen LogP contribution in [0.1, 0.15) is 18.1 Å². The zero-order valence-corrected chi connectivity index (χ0v) is 21.1. The first-order valence-corrected chi connectivity index (χ1v) is 11.2. The van der Waals surface area contributed by atoms with Crippen molar-refractivity contribution in [1.82, 2.24) is 25.1 Å². The van der Waals surface area contributed by atoms with Crippen molar-refractivity contribution in [2.24, 2.45) is 4.99 Å². The van der Waals surface area contributed by atoms with Crippen molar-refractivity contribution < 1.29 is 4.74 Å². The Morgan fingerprint density at radius 2 is 1.72 bits per heavy atom. The molecule has 174 valence electrons. The van der Waals surface area contributed by atoms with Crippen LogP contribution in [0.3, 0.4) is 0 Å². The monoisotopic (exact) mass is 551 g/mol. The quantitative estimate of drug-likeness (QED) is 0.336. The summed E-state index contributed by atoms with van der Waals surface area (Å²) in [5.74, 6) is 1.79. The Morgan fingerprint density at radius 3 is 2.44 bits per heavy atom. The zero-order valence-electron chi connectivity index (χ0n) is 18.8. The van der Waals surface area contributed by atoms with Crippen LogP contribution in [0.25, 0.3) is 0 Å². The standard InChI is InChI=1S/C23H33N7O.HI/c1-2-24-22(29-9-11-30(12-10-29)23-25-7-4-8-26-23)27-18-20-5-3-6-21(17-20)19-28-13-15-31-16-14-28;/h3-8,17H,2,9-16,18-19H2,1H3,(H,24,27);1H. The van der Waals surface area contributed by atoms with Gasteiger partial charge in [0.2, 0.25) is 5.95 Å².